The minimum atomic E-state index is -0.824. The number of thiazole rings is 1. The molecule has 5 aliphatic rings. The molecule has 4 saturated heterocycles. The molecule has 18 nitrogen and oxygen atoms in total. The summed E-state index contributed by atoms with van der Waals surface area (Å²) in [4.78, 5) is 47.3. The van der Waals surface area contributed by atoms with Gasteiger partial charge in [0.05, 0.1) is 46.2 Å². The summed E-state index contributed by atoms with van der Waals surface area (Å²) in [7, 11) is 0. The van der Waals surface area contributed by atoms with Crippen LogP contribution in [0.3, 0.4) is 0 Å². The predicted molar refractivity (Wildman–Crippen MR) is 304 cm³/mol. The van der Waals surface area contributed by atoms with E-state index < -0.39 is 18.1 Å². The Morgan fingerprint density at radius 3 is 2.43 bits per heavy atom. The maximum absolute atomic E-state index is 14.3. The molecule has 2 aromatic carbocycles. The van der Waals surface area contributed by atoms with Crippen LogP contribution in [0.25, 0.3) is 21.7 Å². The number of benzene rings is 2. The quantitative estimate of drug-likeness (QED) is 0.0632. The maximum atomic E-state index is 14.3. The molecule has 2 bridgehead atoms. The van der Waals surface area contributed by atoms with E-state index in [0.717, 1.165) is 97.8 Å². The number of hydrogen-bond donors (Lipinski definition) is 4. The second-order valence-electron chi connectivity index (χ2n) is 23.2. The number of pyridine rings is 1. The molecule has 4 aliphatic heterocycles. The summed E-state index contributed by atoms with van der Waals surface area (Å²) in [6.07, 6.45) is 7.51. The number of nitrogen functional groups attached to an aromatic ring is 1. The largest absolute Gasteiger partial charge is 0.507 e. The van der Waals surface area contributed by atoms with Gasteiger partial charge >= 0.3 is 0 Å². The van der Waals surface area contributed by atoms with Gasteiger partial charge in [-0.2, -0.15) is 0 Å². The van der Waals surface area contributed by atoms with Gasteiger partial charge in [0.1, 0.15) is 23.8 Å². The SMILES string of the molecule is Cc1ncsc1-c1ccc([C@H](C)NC(=O)[C@@H]2C[C@@H](O)CN2C(=O)[C@@H](c2cc(OCC[C@@H]3CCN(C[C@H]4C[C@H](Oc5cc(N6C7CCC6CN(c6cc(-c8ccccc8O)nnc6N)C7)ccn5)C4)[C@H](C)[C@@H]3C)no2)C(C)C)cc1. The molecule has 1 aliphatic carbocycles. The van der Waals surface area contributed by atoms with E-state index in [1.165, 1.54) is 4.90 Å². The molecule has 1 saturated carbocycles. The number of phenols is 1. The fourth-order valence-corrected chi connectivity index (χ4v) is 14.0. The fraction of sp³-hybridized carbons (Fsp3) is 0.517. The Kier molecular flexibility index (Phi) is 15.8. The number of phenolic OH excluding ortho intramolecular Hbond substituents is 1. The Bertz CT molecular complexity index is 3080. The number of β-amino-alcohol motifs (C(OH)–C–C–N with tert-alkyl or cyclic N) is 1. The van der Waals surface area contributed by atoms with Crippen molar-refractivity contribution in [3.05, 3.63) is 102 Å². The average Bonchev–Trinajstić information content (AvgIpc) is 4.40. The van der Waals surface area contributed by atoms with Crippen LogP contribution in [0.15, 0.2) is 89.0 Å². The maximum Gasteiger partial charge on any atom is 0.254 e. The van der Waals surface area contributed by atoms with E-state index in [2.05, 4.69) is 71.3 Å². The van der Waals surface area contributed by atoms with Crippen molar-refractivity contribution in [2.45, 2.75) is 135 Å². The van der Waals surface area contributed by atoms with Gasteiger partial charge in [0, 0.05) is 80.3 Å². The molecule has 19 heteroatoms. The Morgan fingerprint density at radius 2 is 1.70 bits per heavy atom. The van der Waals surface area contributed by atoms with Gasteiger partial charge in [-0.3, -0.25) is 9.59 Å². The molecule has 2 amide bonds. The van der Waals surface area contributed by atoms with Gasteiger partial charge < -0.3 is 54.9 Å². The van der Waals surface area contributed by atoms with Crippen molar-refractivity contribution in [3.8, 4) is 39.2 Å². The van der Waals surface area contributed by atoms with Gasteiger partial charge in [0.15, 0.2) is 11.6 Å². The van der Waals surface area contributed by atoms with Crippen molar-refractivity contribution in [2.24, 2.45) is 23.7 Å². The summed E-state index contributed by atoms with van der Waals surface area (Å²) in [5.41, 5.74) is 14.5. The second kappa shape index (κ2) is 23.1. The molecule has 418 valence electrons. The van der Waals surface area contributed by atoms with Crippen LogP contribution in [0.4, 0.5) is 17.2 Å². The number of aromatic hydroxyl groups is 1. The average molecular weight is 1090 g/mol. The molecule has 5 fully saturated rings. The third-order valence-electron chi connectivity index (χ3n) is 17.8. The molecule has 0 radical (unpaired) electrons. The number of hydrogen-bond acceptors (Lipinski definition) is 17. The van der Waals surface area contributed by atoms with Crippen LogP contribution < -0.4 is 30.3 Å². The predicted octanol–water partition coefficient (Wildman–Crippen LogP) is 8.66. The zero-order valence-electron chi connectivity index (χ0n) is 46.1. The number of anilines is 3. The second-order valence-corrected chi connectivity index (χ2v) is 24.1. The number of carbonyl (C=O) groups excluding carboxylic acids is 2. The molecule has 0 spiro atoms. The number of aromatic nitrogens is 5. The first kappa shape index (κ1) is 54.1. The van der Waals surface area contributed by atoms with Gasteiger partial charge in [-0.25, -0.2) is 9.97 Å². The number of piperazine rings is 1. The first-order valence-electron chi connectivity index (χ1n) is 28.4. The lowest BCUT2D eigenvalue weighted by atomic mass is 9.77. The van der Waals surface area contributed by atoms with Gasteiger partial charge in [0.2, 0.25) is 17.7 Å². The van der Waals surface area contributed by atoms with Crippen LogP contribution >= 0.6 is 11.3 Å². The van der Waals surface area contributed by atoms with Crippen LogP contribution in [0.1, 0.15) is 109 Å². The molecule has 5 N–H and O–H groups in total. The molecule has 11 rings (SSSR count). The number of para-hydroxylation sites is 1. The number of aliphatic hydroxyl groups is 1. The molecule has 6 aromatic rings. The summed E-state index contributed by atoms with van der Waals surface area (Å²) in [5, 5.41) is 37.2. The highest BCUT2D eigenvalue weighted by Gasteiger charge is 2.45. The minimum Gasteiger partial charge on any atom is -0.507 e. The smallest absolute Gasteiger partial charge is 0.254 e. The number of nitrogens with two attached hydrogens (primary N) is 1. The number of aryl methyl sites for hydroxylation is 1. The van der Waals surface area contributed by atoms with Crippen molar-refractivity contribution in [1.29, 1.82) is 0 Å². The number of carbonyl (C=O) groups is 2. The molecule has 4 aromatic heterocycles. The number of amides is 2. The van der Waals surface area contributed by atoms with E-state index in [1.807, 2.05) is 81.9 Å². The first-order chi connectivity index (χ1) is 38.1. The van der Waals surface area contributed by atoms with Crippen molar-refractivity contribution in [1.82, 2.24) is 40.4 Å². The van der Waals surface area contributed by atoms with Crippen LogP contribution in [0.2, 0.25) is 0 Å². The van der Waals surface area contributed by atoms with E-state index in [1.54, 1.807) is 29.5 Å². The number of piperidine rings is 1. The lowest BCUT2D eigenvalue weighted by Gasteiger charge is -2.46. The number of nitrogens with one attached hydrogen (secondary N) is 1. The number of fused-ring (bicyclic) bond motifs is 2. The molecular weight excluding hydrogens is 1020 g/mol. The molecule has 2 unspecified atom stereocenters. The number of likely N-dealkylation sites (tertiary alicyclic amines) is 2. The molecule has 9 atom stereocenters. The fourth-order valence-electron chi connectivity index (χ4n) is 13.1. The highest BCUT2D eigenvalue weighted by molar-refractivity contribution is 7.13. The molecule has 79 heavy (non-hydrogen) atoms. The normalized spacial score (nSPS) is 25.8. The number of nitrogens with zero attached hydrogens (tertiary/aromatic N) is 9. The molecule has 8 heterocycles. The van der Waals surface area contributed by atoms with Crippen molar-refractivity contribution < 1.29 is 33.8 Å². The standard InChI is InChI=1S/C60H75N11O7S/c1-34(2)56(60(75)70-32-46(72)26-51(70)59(74)64-36(4)41-11-13-42(14-12-41)57-37(5)63-33-79-57)53-28-55(67-78-53)76-22-19-40-18-21-68(38(6)35(40)3)29-39-23-47(24-39)77-54-25-43(17-20-62-54)71-44-15-16-45(71)31-69(30-44)50-27-49(65-66-58(50)61)48-9-7-8-10-52(48)73/h7-14,17,20,25,27-28,33-36,38-40,44-47,51,56,72-73H,15-16,18-19,21-24,26,29-32H2,1-6H3,(H2,61,66)(H,64,74)/t35-,36-,38+,39-,40-,44?,45?,46+,47-,51-,56+/m0/s1. The van der Waals surface area contributed by atoms with Crippen molar-refractivity contribution >= 4 is 40.3 Å². The van der Waals surface area contributed by atoms with Crippen molar-refractivity contribution in [3.63, 3.8) is 0 Å². The third kappa shape index (κ3) is 11.5. The van der Waals surface area contributed by atoms with E-state index in [0.29, 0.717) is 77.1 Å². The van der Waals surface area contributed by atoms with E-state index in [9.17, 15) is 19.8 Å². The lowest BCUT2D eigenvalue weighted by Crippen LogP contribution is -2.54. The van der Waals surface area contributed by atoms with Crippen LogP contribution in [0.5, 0.6) is 17.5 Å². The zero-order valence-corrected chi connectivity index (χ0v) is 47.0. The van der Waals surface area contributed by atoms with E-state index in [4.69, 9.17) is 19.7 Å². The molecular formula is C60H75N11O7S. The van der Waals surface area contributed by atoms with E-state index in [-0.39, 0.29) is 48.6 Å². The topological polar surface area (TPSA) is 222 Å². The van der Waals surface area contributed by atoms with E-state index >= 15 is 0 Å². The zero-order chi connectivity index (χ0) is 55.1. The van der Waals surface area contributed by atoms with Crippen LogP contribution in [-0.4, -0.2) is 133 Å². The van der Waals surface area contributed by atoms with Crippen molar-refractivity contribution in [2.75, 3.05) is 54.9 Å². The minimum absolute atomic E-state index is 0.0605. The summed E-state index contributed by atoms with van der Waals surface area (Å²) in [6, 6.07) is 23.0. The van der Waals surface area contributed by atoms with Gasteiger partial charge in [0.25, 0.3) is 5.88 Å². The summed E-state index contributed by atoms with van der Waals surface area (Å²) >= 11 is 1.60. The van der Waals surface area contributed by atoms with Gasteiger partial charge in [-0.05, 0) is 130 Å². The Balaban J connectivity index is 0.620. The third-order valence-corrected chi connectivity index (χ3v) is 18.8. The number of aliphatic hydroxyl groups excluding tert-OH is 1. The summed E-state index contributed by atoms with van der Waals surface area (Å²) in [6.45, 7) is 16.8. The van der Waals surface area contributed by atoms with Crippen LogP contribution in [0, 0.1) is 30.6 Å². The monoisotopic (exact) mass is 1090 g/mol. The Labute approximate surface area is 466 Å². The number of ether oxygens (including phenoxy) is 2. The Morgan fingerprint density at radius 1 is 0.924 bits per heavy atom. The summed E-state index contributed by atoms with van der Waals surface area (Å²) in [5.74, 6) is 2.04. The number of rotatable bonds is 18. The lowest BCUT2D eigenvalue weighted by molar-refractivity contribution is -0.141. The highest BCUT2D eigenvalue weighted by Crippen LogP contribution is 2.42. The summed E-state index contributed by atoms with van der Waals surface area (Å²) < 4.78 is 18.5. The Hall–Kier alpha value is -6.83. The van der Waals surface area contributed by atoms with Crippen LogP contribution in [-0.2, 0) is 9.59 Å². The highest BCUT2D eigenvalue weighted by atomic mass is 32.1. The first-order valence-corrected chi connectivity index (χ1v) is 29.2. The van der Waals surface area contributed by atoms with Gasteiger partial charge in [-0.15, -0.1) is 21.5 Å². The van der Waals surface area contributed by atoms with Gasteiger partial charge in [-0.1, -0.05) is 57.2 Å².